The molecule has 1 N–H and O–H groups in total. The van der Waals surface area contributed by atoms with E-state index in [0.717, 1.165) is 12.3 Å². The summed E-state index contributed by atoms with van der Waals surface area (Å²) in [6.45, 7) is 9.28. The number of nitrogens with one attached hydrogen (secondary N) is 1. The van der Waals surface area contributed by atoms with E-state index in [1.165, 1.54) is 16.7 Å². The largest absolute Gasteiger partial charge is 0.491 e. The van der Waals surface area contributed by atoms with Crippen LogP contribution in [0.25, 0.3) is 0 Å². The standard InChI is InChI=1S/C13H21NO/c1-9(2)15-13-7-6-12(8-14-5)10(3)11(13)4/h6-7,9,14H,8H2,1-5H3. The van der Waals surface area contributed by atoms with Gasteiger partial charge in [-0.2, -0.15) is 0 Å². The molecule has 0 bridgehead atoms. The topological polar surface area (TPSA) is 21.3 Å². The van der Waals surface area contributed by atoms with E-state index in [1.54, 1.807) is 0 Å². The molecule has 0 aromatic heterocycles. The highest BCUT2D eigenvalue weighted by Crippen LogP contribution is 2.25. The average molecular weight is 207 g/mol. The van der Waals surface area contributed by atoms with Crippen LogP contribution in [0.1, 0.15) is 30.5 Å². The molecule has 2 heteroatoms. The van der Waals surface area contributed by atoms with Gasteiger partial charge in [0.15, 0.2) is 0 Å². The van der Waals surface area contributed by atoms with Crippen molar-refractivity contribution in [2.45, 2.75) is 40.3 Å². The minimum Gasteiger partial charge on any atom is -0.491 e. The molecule has 0 aliphatic carbocycles. The molecule has 0 saturated heterocycles. The molecule has 1 rings (SSSR count). The third-order valence-electron chi connectivity index (χ3n) is 2.58. The molecule has 0 aliphatic heterocycles. The van der Waals surface area contributed by atoms with Gasteiger partial charge in [-0.1, -0.05) is 6.07 Å². The maximum atomic E-state index is 5.74. The summed E-state index contributed by atoms with van der Waals surface area (Å²) in [6, 6.07) is 4.20. The SMILES string of the molecule is CNCc1ccc(OC(C)C)c(C)c1C. The lowest BCUT2D eigenvalue weighted by Crippen LogP contribution is -2.10. The normalized spacial score (nSPS) is 10.8. The van der Waals surface area contributed by atoms with Crippen molar-refractivity contribution >= 4 is 0 Å². The minimum atomic E-state index is 0.234. The molecule has 0 amide bonds. The molecule has 15 heavy (non-hydrogen) atoms. The molecule has 1 aromatic carbocycles. The fourth-order valence-corrected chi connectivity index (χ4v) is 1.62. The highest BCUT2D eigenvalue weighted by atomic mass is 16.5. The molecule has 0 saturated carbocycles. The molecule has 0 unspecified atom stereocenters. The van der Waals surface area contributed by atoms with Crippen LogP contribution < -0.4 is 10.1 Å². The van der Waals surface area contributed by atoms with Gasteiger partial charge in [-0.15, -0.1) is 0 Å². The van der Waals surface area contributed by atoms with Crippen LogP contribution in [-0.2, 0) is 6.54 Å². The van der Waals surface area contributed by atoms with Crippen LogP contribution in [0.4, 0.5) is 0 Å². The molecule has 84 valence electrons. The molecule has 0 fully saturated rings. The molecule has 1 aromatic rings. The summed E-state index contributed by atoms with van der Waals surface area (Å²) < 4.78 is 5.74. The quantitative estimate of drug-likeness (QED) is 0.819. The van der Waals surface area contributed by atoms with Gasteiger partial charge < -0.3 is 10.1 Å². The number of hydrogen-bond donors (Lipinski definition) is 1. The van der Waals surface area contributed by atoms with Gasteiger partial charge in [0, 0.05) is 6.54 Å². The van der Waals surface area contributed by atoms with Crippen molar-refractivity contribution in [1.29, 1.82) is 0 Å². The summed E-state index contributed by atoms with van der Waals surface area (Å²) in [4.78, 5) is 0. The highest BCUT2D eigenvalue weighted by Gasteiger charge is 2.07. The van der Waals surface area contributed by atoms with Gasteiger partial charge in [-0.25, -0.2) is 0 Å². The zero-order valence-corrected chi connectivity index (χ0v) is 10.3. The minimum absolute atomic E-state index is 0.234. The number of ether oxygens (including phenoxy) is 1. The molecule has 0 heterocycles. The van der Waals surface area contributed by atoms with Crippen molar-refractivity contribution in [3.05, 3.63) is 28.8 Å². The van der Waals surface area contributed by atoms with Gasteiger partial charge in [0.05, 0.1) is 6.10 Å². The Morgan fingerprint density at radius 2 is 1.87 bits per heavy atom. The first-order valence-corrected chi connectivity index (χ1v) is 5.46. The molecule has 0 aliphatic rings. The molecule has 0 atom stereocenters. The molecular weight excluding hydrogens is 186 g/mol. The van der Waals surface area contributed by atoms with Crippen LogP contribution in [0, 0.1) is 13.8 Å². The summed E-state index contributed by atoms with van der Waals surface area (Å²) in [5, 5.41) is 3.17. The van der Waals surface area contributed by atoms with E-state index in [2.05, 4.69) is 45.1 Å². The Balaban J connectivity index is 2.98. The van der Waals surface area contributed by atoms with Gasteiger partial charge >= 0.3 is 0 Å². The van der Waals surface area contributed by atoms with Crippen LogP contribution in [0.2, 0.25) is 0 Å². The van der Waals surface area contributed by atoms with E-state index in [9.17, 15) is 0 Å². The van der Waals surface area contributed by atoms with Crippen LogP contribution in [0.3, 0.4) is 0 Å². The van der Waals surface area contributed by atoms with Gasteiger partial charge in [0.25, 0.3) is 0 Å². The zero-order valence-electron chi connectivity index (χ0n) is 10.3. The fourth-order valence-electron chi connectivity index (χ4n) is 1.62. The van der Waals surface area contributed by atoms with Gasteiger partial charge in [-0.3, -0.25) is 0 Å². The van der Waals surface area contributed by atoms with Crippen LogP contribution in [0.5, 0.6) is 5.75 Å². The predicted molar refractivity (Wildman–Crippen MR) is 64.4 cm³/mol. The predicted octanol–water partition coefficient (Wildman–Crippen LogP) is 2.81. The van der Waals surface area contributed by atoms with Crippen LogP contribution >= 0.6 is 0 Å². The van der Waals surface area contributed by atoms with Crippen molar-refractivity contribution < 1.29 is 4.74 Å². The molecule has 0 spiro atoms. The molecule has 2 nitrogen and oxygen atoms in total. The van der Waals surface area contributed by atoms with E-state index < -0.39 is 0 Å². The van der Waals surface area contributed by atoms with Crippen molar-refractivity contribution in [1.82, 2.24) is 5.32 Å². The van der Waals surface area contributed by atoms with Gasteiger partial charge in [0.1, 0.15) is 5.75 Å². The maximum Gasteiger partial charge on any atom is 0.122 e. The second-order valence-corrected chi connectivity index (χ2v) is 4.17. The van der Waals surface area contributed by atoms with E-state index in [1.807, 2.05) is 7.05 Å². The van der Waals surface area contributed by atoms with Crippen LogP contribution in [-0.4, -0.2) is 13.2 Å². The summed E-state index contributed by atoms with van der Waals surface area (Å²) in [5.41, 5.74) is 3.91. The van der Waals surface area contributed by atoms with Crippen LogP contribution in [0.15, 0.2) is 12.1 Å². The third-order valence-corrected chi connectivity index (χ3v) is 2.58. The smallest absolute Gasteiger partial charge is 0.122 e. The van der Waals surface area contributed by atoms with Crippen molar-refractivity contribution in [2.75, 3.05) is 7.05 Å². The first-order valence-electron chi connectivity index (χ1n) is 5.46. The molecular formula is C13H21NO. The lowest BCUT2D eigenvalue weighted by molar-refractivity contribution is 0.240. The Labute approximate surface area is 92.6 Å². The van der Waals surface area contributed by atoms with Gasteiger partial charge in [-0.05, 0) is 57.5 Å². The lowest BCUT2D eigenvalue weighted by Gasteiger charge is -2.16. The van der Waals surface area contributed by atoms with E-state index in [4.69, 9.17) is 4.74 Å². The van der Waals surface area contributed by atoms with Crippen molar-refractivity contribution in [3.8, 4) is 5.75 Å². The third kappa shape index (κ3) is 2.96. The van der Waals surface area contributed by atoms with Gasteiger partial charge in [0.2, 0.25) is 0 Å². The van der Waals surface area contributed by atoms with Crippen molar-refractivity contribution in [3.63, 3.8) is 0 Å². The van der Waals surface area contributed by atoms with Crippen molar-refractivity contribution in [2.24, 2.45) is 0 Å². The summed E-state index contributed by atoms with van der Waals surface area (Å²) in [7, 11) is 1.97. The Bertz CT molecular complexity index is 332. The second-order valence-electron chi connectivity index (χ2n) is 4.17. The lowest BCUT2D eigenvalue weighted by atomic mass is 10.0. The Kier molecular flexibility index (Phi) is 4.15. The van der Waals surface area contributed by atoms with E-state index in [-0.39, 0.29) is 6.10 Å². The Hall–Kier alpha value is -1.02. The average Bonchev–Trinajstić information content (AvgIpc) is 2.17. The summed E-state index contributed by atoms with van der Waals surface area (Å²) in [5.74, 6) is 1.00. The Morgan fingerprint density at radius 3 is 2.40 bits per heavy atom. The number of hydrogen-bond acceptors (Lipinski definition) is 2. The first kappa shape index (κ1) is 12.1. The summed E-state index contributed by atoms with van der Waals surface area (Å²) >= 11 is 0. The van der Waals surface area contributed by atoms with E-state index in [0.29, 0.717) is 0 Å². The second kappa shape index (κ2) is 5.17. The number of benzene rings is 1. The molecule has 0 radical (unpaired) electrons. The maximum absolute atomic E-state index is 5.74. The monoisotopic (exact) mass is 207 g/mol. The first-order chi connectivity index (χ1) is 7.06. The summed E-state index contributed by atoms with van der Waals surface area (Å²) in [6.07, 6.45) is 0.234. The van der Waals surface area contributed by atoms with E-state index >= 15 is 0 Å². The Morgan fingerprint density at radius 1 is 1.20 bits per heavy atom. The fraction of sp³-hybridized carbons (Fsp3) is 0.538. The zero-order chi connectivity index (χ0) is 11.4. The number of rotatable bonds is 4. The highest BCUT2D eigenvalue weighted by molar-refractivity contribution is 5.43.